The first-order valence-corrected chi connectivity index (χ1v) is 9.46. The molecule has 1 aromatic heterocycles. The monoisotopic (exact) mass is 378 g/mol. The van der Waals surface area contributed by atoms with E-state index in [0.29, 0.717) is 23.6 Å². The fraction of sp³-hybridized carbons (Fsp3) is 0.389. The predicted molar refractivity (Wildman–Crippen MR) is 100 cm³/mol. The molecular formula is C18H23FN4O2S. The van der Waals surface area contributed by atoms with Crippen molar-refractivity contribution in [3.63, 3.8) is 0 Å². The Bertz CT molecular complexity index is 724. The van der Waals surface area contributed by atoms with Crippen molar-refractivity contribution in [2.45, 2.75) is 18.7 Å². The number of amides is 2. The Hall–Kier alpha value is -2.35. The Morgan fingerprint density at radius 1 is 1.35 bits per heavy atom. The number of nitrogens with zero attached hydrogens (tertiary/aromatic N) is 3. The number of carbonyl (C=O) groups is 2. The summed E-state index contributed by atoms with van der Waals surface area (Å²) in [4.78, 5) is 25.6. The molecule has 1 N–H and O–H groups in total. The van der Waals surface area contributed by atoms with Crippen LogP contribution in [-0.4, -0.2) is 52.4 Å². The van der Waals surface area contributed by atoms with E-state index in [2.05, 4.69) is 10.4 Å². The van der Waals surface area contributed by atoms with Crippen LogP contribution in [0.5, 0.6) is 0 Å². The maximum Gasteiger partial charge on any atom is 0.247 e. The van der Waals surface area contributed by atoms with Crippen LogP contribution >= 0.6 is 11.8 Å². The molecule has 8 heteroatoms. The summed E-state index contributed by atoms with van der Waals surface area (Å²) in [6.45, 7) is 2.19. The molecule has 26 heavy (non-hydrogen) atoms. The highest BCUT2D eigenvalue weighted by atomic mass is 32.2. The molecule has 0 fully saturated rings. The average molecular weight is 378 g/mol. The molecular weight excluding hydrogens is 355 g/mol. The number of halogens is 1. The van der Waals surface area contributed by atoms with Crippen molar-refractivity contribution in [2.24, 2.45) is 0 Å². The van der Waals surface area contributed by atoms with Gasteiger partial charge in [-0.1, -0.05) is 18.2 Å². The van der Waals surface area contributed by atoms with Gasteiger partial charge < -0.3 is 10.2 Å². The smallest absolute Gasteiger partial charge is 0.247 e. The van der Waals surface area contributed by atoms with E-state index in [9.17, 15) is 14.0 Å². The third kappa shape index (κ3) is 5.87. The molecule has 0 aliphatic rings. The SMILES string of the molecule is CC(C(=O)N(C)CC(=O)NCCSCc1ccccc1F)n1cccn1. The minimum atomic E-state index is -0.459. The normalized spacial score (nSPS) is 11.8. The van der Waals surface area contributed by atoms with Crippen LogP contribution in [0.25, 0.3) is 0 Å². The second-order valence-electron chi connectivity index (χ2n) is 5.85. The maximum absolute atomic E-state index is 13.5. The van der Waals surface area contributed by atoms with Crippen molar-refractivity contribution >= 4 is 23.6 Å². The van der Waals surface area contributed by atoms with Gasteiger partial charge in [-0.15, -0.1) is 0 Å². The molecule has 1 atom stereocenters. The minimum absolute atomic E-state index is 0.0115. The highest BCUT2D eigenvalue weighted by Crippen LogP contribution is 2.14. The zero-order valence-electron chi connectivity index (χ0n) is 14.9. The van der Waals surface area contributed by atoms with Crippen LogP contribution in [0.2, 0.25) is 0 Å². The number of hydrogen-bond donors (Lipinski definition) is 1. The lowest BCUT2D eigenvalue weighted by atomic mass is 10.2. The van der Waals surface area contributed by atoms with E-state index in [-0.39, 0.29) is 24.2 Å². The third-order valence-electron chi connectivity index (χ3n) is 3.82. The van der Waals surface area contributed by atoms with E-state index >= 15 is 0 Å². The summed E-state index contributed by atoms with van der Waals surface area (Å²) >= 11 is 1.54. The van der Waals surface area contributed by atoms with Crippen LogP contribution in [0.3, 0.4) is 0 Å². The van der Waals surface area contributed by atoms with Crippen LogP contribution in [0, 0.1) is 5.82 Å². The first kappa shape index (κ1) is 20.0. The van der Waals surface area contributed by atoms with Crippen molar-refractivity contribution in [1.29, 1.82) is 0 Å². The quantitative estimate of drug-likeness (QED) is 0.679. The second kappa shape index (κ2) is 9.96. The molecule has 1 aromatic carbocycles. The van der Waals surface area contributed by atoms with Crippen molar-refractivity contribution < 1.29 is 14.0 Å². The van der Waals surface area contributed by atoms with Crippen LogP contribution in [-0.2, 0) is 15.3 Å². The molecule has 140 valence electrons. The lowest BCUT2D eigenvalue weighted by Gasteiger charge is -2.21. The van der Waals surface area contributed by atoms with Gasteiger partial charge in [-0.05, 0) is 24.6 Å². The van der Waals surface area contributed by atoms with Gasteiger partial charge >= 0.3 is 0 Å². The summed E-state index contributed by atoms with van der Waals surface area (Å²) in [6.07, 6.45) is 3.32. The Labute approximate surface area is 156 Å². The Kier molecular flexibility index (Phi) is 7.65. The van der Waals surface area contributed by atoms with Crippen molar-refractivity contribution in [3.8, 4) is 0 Å². The molecule has 2 rings (SSSR count). The van der Waals surface area contributed by atoms with Crippen LogP contribution in [0.1, 0.15) is 18.5 Å². The van der Waals surface area contributed by atoms with Crippen LogP contribution in [0.4, 0.5) is 4.39 Å². The summed E-state index contributed by atoms with van der Waals surface area (Å²) in [6, 6.07) is 7.94. The Morgan fingerprint density at radius 2 is 2.12 bits per heavy atom. The minimum Gasteiger partial charge on any atom is -0.354 e. The van der Waals surface area contributed by atoms with E-state index in [1.54, 1.807) is 67.1 Å². The lowest BCUT2D eigenvalue weighted by molar-refractivity contribution is -0.137. The van der Waals surface area contributed by atoms with Gasteiger partial charge in [-0.2, -0.15) is 16.9 Å². The number of thioether (sulfide) groups is 1. The van der Waals surface area contributed by atoms with Crippen molar-refractivity contribution in [3.05, 3.63) is 54.1 Å². The van der Waals surface area contributed by atoms with E-state index in [1.807, 2.05) is 0 Å². The molecule has 0 saturated carbocycles. The van der Waals surface area contributed by atoms with E-state index in [1.165, 1.54) is 11.0 Å². The molecule has 2 aromatic rings. The first-order valence-electron chi connectivity index (χ1n) is 8.31. The number of benzene rings is 1. The molecule has 1 unspecified atom stereocenters. The summed E-state index contributed by atoms with van der Waals surface area (Å²) in [5.41, 5.74) is 0.654. The average Bonchev–Trinajstić information content (AvgIpc) is 3.16. The zero-order chi connectivity index (χ0) is 18.9. The molecule has 2 amide bonds. The summed E-state index contributed by atoms with van der Waals surface area (Å²) in [5.74, 6) is 0.609. The van der Waals surface area contributed by atoms with Crippen molar-refractivity contribution in [1.82, 2.24) is 20.0 Å². The number of hydrogen-bond acceptors (Lipinski definition) is 4. The summed E-state index contributed by atoms with van der Waals surface area (Å²) in [5, 5.41) is 6.81. The summed E-state index contributed by atoms with van der Waals surface area (Å²) < 4.78 is 15.0. The van der Waals surface area contributed by atoms with Gasteiger partial charge in [-0.3, -0.25) is 14.3 Å². The second-order valence-corrected chi connectivity index (χ2v) is 6.96. The van der Waals surface area contributed by atoms with Gasteiger partial charge in [0, 0.05) is 37.5 Å². The molecule has 0 bridgehead atoms. The predicted octanol–water partition coefficient (Wildman–Crippen LogP) is 2.09. The molecule has 0 saturated heterocycles. The number of aromatic nitrogens is 2. The molecule has 0 aliphatic carbocycles. The van der Waals surface area contributed by atoms with E-state index < -0.39 is 6.04 Å². The fourth-order valence-corrected chi connectivity index (χ4v) is 3.20. The highest BCUT2D eigenvalue weighted by molar-refractivity contribution is 7.98. The molecule has 1 heterocycles. The van der Waals surface area contributed by atoms with E-state index in [4.69, 9.17) is 0 Å². The number of likely N-dealkylation sites (N-methyl/N-ethyl adjacent to an activating group) is 1. The Balaban J connectivity index is 1.65. The van der Waals surface area contributed by atoms with Gasteiger partial charge in [0.1, 0.15) is 11.9 Å². The van der Waals surface area contributed by atoms with E-state index in [0.717, 1.165) is 0 Å². The topological polar surface area (TPSA) is 67.2 Å². The third-order valence-corrected chi connectivity index (χ3v) is 4.83. The zero-order valence-corrected chi connectivity index (χ0v) is 15.7. The van der Waals surface area contributed by atoms with Gasteiger partial charge in [-0.25, -0.2) is 4.39 Å². The number of nitrogens with one attached hydrogen (secondary N) is 1. The fourth-order valence-electron chi connectivity index (χ4n) is 2.35. The van der Waals surface area contributed by atoms with Gasteiger partial charge in [0.15, 0.2) is 0 Å². The van der Waals surface area contributed by atoms with Gasteiger partial charge in [0.25, 0.3) is 0 Å². The largest absolute Gasteiger partial charge is 0.354 e. The van der Waals surface area contributed by atoms with Crippen LogP contribution < -0.4 is 5.32 Å². The standard InChI is InChI=1S/C18H23FN4O2S/c1-14(23-10-5-8-21-23)18(25)22(2)12-17(24)20-9-11-26-13-15-6-3-4-7-16(15)19/h3-8,10,14H,9,11-13H2,1-2H3,(H,20,24). The van der Waals surface area contributed by atoms with Crippen molar-refractivity contribution in [2.75, 3.05) is 25.9 Å². The molecule has 0 radical (unpaired) electrons. The molecule has 0 spiro atoms. The first-order chi connectivity index (χ1) is 12.5. The molecule has 6 nitrogen and oxygen atoms in total. The molecule has 0 aliphatic heterocycles. The summed E-state index contributed by atoms with van der Waals surface area (Å²) in [7, 11) is 1.59. The van der Waals surface area contributed by atoms with Gasteiger partial charge in [0.05, 0.1) is 6.54 Å². The van der Waals surface area contributed by atoms with Crippen LogP contribution in [0.15, 0.2) is 42.7 Å². The highest BCUT2D eigenvalue weighted by Gasteiger charge is 2.20. The number of carbonyl (C=O) groups excluding carboxylic acids is 2. The van der Waals surface area contributed by atoms with Gasteiger partial charge in [0.2, 0.25) is 11.8 Å². The lowest BCUT2D eigenvalue weighted by Crippen LogP contribution is -2.41. The number of rotatable bonds is 9. The Morgan fingerprint density at radius 3 is 2.81 bits per heavy atom. The maximum atomic E-state index is 13.5.